The first-order valence-electron chi connectivity index (χ1n) is 5.67. The fraction of sp³-hybridized carbons (Fsp3) is 0.364. The van der Waals surface area contributed by atoms with Gasteiger partial charge in [-0.05, 0) is 6.07 Å². The van der Waals surface area contributed by atoms with Gasteiger partial charge in [0, 0.05) is 13.3 Å². The van der Waals surface area contributed by atoms with Crippen molar-refractivity contribution in [3.8, 4) is 0 Å². The highest BCUT2D eigenvalue weighted by atomic mass is 16.6. The quantitative estimate of drug-likeness (QED) is 0.604. The third-order valence-corrected chi connectivity index (χ3v) is 2.45. The molecule has 8 heteroatoms. The van der Waals surface area contributed by atoms with Gasteiger partial charge in [0.05, 0.1) is 37.6 Å². The Morgan fingerprint density at radius 3 is 3.11 bits per heavy atom. The Hall–Kier alpha value is -2.35. The Kier molecular flexibility index (Phi) is 4.14. The number of rotatable bonds is 7. The van der Waals surface area contributed by atoms with E-state index in [0.717, 1.165) is 5.69 Å². The zero-order valence-corrected chi connectivity index (χ0v) is 10.4. The van der Waals surface area contributed by atoms with Crippen molar-refractivity contribution in [1.29, 1.82) is 0 Å². The molecular weight excluding hydrogens is 252 g/mol. The van der Waals surface area contributed by atoms with Crippen LogP contribution in [0.25, 0.3) is 0 Å². The topological polar surface area (TPSA) is 95.4 Å². The lowest BCUT2D eigenvalue weighted by atomic mass is 10.4. The van der Waals surface area contributed by atoms with Crippen LogP contribution in [0.4, 0.5) is 11.6 Å². The van der Waals surface area contributed by atoms with E-state index in [0.29, 0.717) is 25.5 Å². The second-order valence-electron chi connectivity index (χ2n) is 3.84. The number of aromatic nitrogens is 2. The Morgan fingerprint density at radius 2 is 2.42 bits per heavy atom. The van der Waals surface area contributed by atoms with Crippen LogP contribution in [0.3, 0.4) is 0 Å². The molecule has 0 bridgehead atoms. The van der Waals surface area contributed by atoms with Crippen LogP contribution in [0.2, 0.25) is 0 Å². The molecule has 0 radical (unpaired) electrons. The number of hydrogen-bond acceptors (Lipinski definition) is 6. The molecule has 0 fully saturated rings. The fourth-order valence-corrected chi connectivity index (χ4v) is 1.51. The molecule has 0 spiro atoms. The predicted octanol–water partition coefficient (Wildman–Crippen LogP) is 1.64. The van der Waals surface area contributed by atoms with Gasteiger partial charge in [-0.2, -0.15) is 5.10 Å². The molecule has 2 aromatic rings. The van der Waals surface area contributed by atoms with Crippen molar-refractivity contribution in [2.75, 3.05) is 19.0 Å². The van der Waals surface area contributed by atoms with Crippen molar-refractivity contribution < 1.29 is 14.1 Å². The van der Waals surface area contributed by atoms with Crippen LogP contribution < -0.4 is 5.32 Å². The lowest BCUT2D eigenvalue weighted by Gasteiger charge is -2.00. The number of nitrogens with one attached hydrogen (secondary N) is 1. The SMILES string of the molecule is COCCn1cc(NCc2ccc([N+](=O)[O-])o2)cn1. The summed E-state index contributed by atoms with van der Waals surface area (Å²) in [6.45, 7) is 1.62. The van der Waals surface area contributed by atoms with Gasteiger partial charge in [0.2, 0.25) is 0 Å². The molecule has 2 aromatic heterocycles. The van der Waals surface area contributed by atoms with Gasteiger partial charge >= 0.3 is 5.88 Å². The Morgan fingerprint density at radius 1 is 1.58 bits per heavy atom. The van der Waals surface area contributed by atoms with E-state index in [1.54, 1.807) is 24.1 Å². The molecule has 1 N–H and O–H groups in total. The normalized spacial score (nSPS) is 10.6. The van der Waals surface area contributed by atoms with E-state index in [4.69, 9.17) is 9.15 Å². The molecule has 2 rings (SSSR count). The van der Waals surface area contributed by atoms with Crippen LogP contribution in [-0.4, -0.2) is 28.4 Å². The lowest BCUT2D eigenvalue weighted by Crippen LogP contribution is -2.04. The van der Waals surface area contributed by atoms with E-state index in [-0.39, 0.29) is 5.88 Å². The highest BCUT2D eigenvalue weighted by Gasteiger charge is 2.11. The molecule has 0 aliphatic heterocycles. The van der Waals surface area contributed by atoms with Gasteiger partial charge in [0.1, 0.15) is 10.7 Å². The van der Waals surface area contributed by atoms with Crippen LogP contribution >= 0.6 is 0 Å². The molecule has 8 nitrogen and oxygen atoms in total. The first-order chi connectivity index (χ1) is 9.19. The highest BCUT2D eigenvalue weighted by Crippen LogP contribution is 2.16. The minimum atomic E-state index is -0.563. The molecular formula is C11H14N4O4. The Labute approximate surface area is 109 Å². The van der Waals surface area contributed by atoms with E-state index in [1.807, 2.05) is 6.20 Å². The largest absolute Gasteiger partial charge is 0.433 e. The number of hydrogen-bond donors (Lipinski definition) is 1. The van der Waals surface area contributed by atoms with E-state index in [1.165, 1.54) is 6.07 Å². The van der Waals surface area contributed by atoms with E-state index in [2.05, 4.69) is 10.4 Å². The van der Waals surface area contributed by atoms with Crippen molar-refractivity contribution in [2.24, 2.45) is 0 Å². The summed E-state index contributed by atoms with van der Waals surface area (Å²) in [7, 11) is 1.63. The summed E-state index contributed by atoms with van der Waals surface area (Å²) in [6.07, 6.45) is 3.50. The summed E-state index contributed by atoms with van der Waals surface area (Å²) < 4.78 is 11.7. The number of nitro groups is 1. The smallest absolute Gasteiger partial charge is 0.404 e. The minimum Gasteiger partial charge on any atom is -0.404 e. The number of anilines is 1. The highest BCUT2D eigenvalue weighted by molar-refractivity contribution is 5.38. The zero-order valence-electron chi connectivity index (χ0n) is 10.4. The van der Waals surface area contributed by atoms with Gasteiger partial charge in [-0.3, -0.25) is 14.8 Å². The van der Waals surface area contributed by atoms with Crippen LogP contribution in [0.1, 0.15) is 5.76 Å². The van der Waals surface area contributed by atoms with E-state index >= 15 is 0 Å². The van der Waals surface area contributed by atoms with Gasteiger partial charge in [0.15, 0.2) is 0 Å². The molecule has 0 amide bonds. The van der Waals surface area contributed by atoms with Gasteiger partial charge in [-0.1, -0.05) is 0 Å². The molecule has 0 saturated heterocycles. The fourth-order valence-electron chi connectivity index (χ4n) is 1.51. The van der Waals surface area contributed by atoms with Crippen LogP contribution in [-0.2, 0) is 17.8 Å². The van der Waals surface area contributed by atoms with Crippen molar-refractivity contribution in [1.82, 2.24) is 9.78 Å². The summed E-state index contributed by atoms with van der Waals surface area (Å²) in [4.78, 5) is 9.90. The monoisotopic (exact) mass is 266 g/mol. The summed E-state index contributed by atoms with van der Waals surface area (Å²) >= 11 is 0. The second-order valence-corrected chi connectivity index (χ2v) is 3.84. The summed E-state index contributed by atoms with van der Waals surface area (Å²) in [5.41, 5.74) is 0.815. The average Bonchev–Trinajstić information content (AvgIpc) is 3.03. The third-order valence-electron chi connectivity index (χ3n) is 2.45. The molecule has 0 unspecified atom stereocenters. The van der Waals surface area contributed by atoms with Crippen molar-refractivity contribution in [3.05, 3.63) is 40.4 Å². The number of furan rings is 1. The van der Waals surface area contributed by atoms with Gasteiger partial charge in [0.25, 0.3) is 0 Å². The van der Waals surface area contributed by atoms with Crippen LogP contribution in [0, 0.1) is 10.1 Å². The van der Waals surface area contributed by atoms with Crippen molar-refractivity contribution >= 4 is 11.6 Å². The van der Waals surface area contributed by atoms with Crippen molar-refractivity contribution in [2.45, 2.75) is 13.1 Å². The molecule has 0 atom stereocenters. The molecule has 0 aliphatic carbocycles. The Bertz CT molecular complexity index is 548. The number of methoxy groups -OCH3 is 1. The zero-order chi connectivity index (χ0) is 13.7. The first kappa shape index (κ1) is 13.1. The summed E-state index contributed by atoms with van der Waals surface area (Å²) in [5, 5.41) is 17.7. The van der Waals surface area contributed by atoms with Crippen LogP contribution in [0.15, 0.2) is 28.9 Å². The van der Waals surface area contributed by atoms with Gasteiger partial charge in [-0.15, -0.1) is 0 Å². The number of ether oxygens (including phenoxy) is 1. The molecule has 2 heterocycles. The molecule has 0 saturated carbocycles. The molecule has 0 aliphatic rings. The maximum atomic E-state index is 10.5. The van der Waals surface area contributed by atoms with Crippen molar-refractivity contribution in [3.63, 3.8) is 0 Å². The Balaban J connectivity index is 1.87. The van der Waals surface area contributed by atoms with Gasteiger partial charge < -0.3 is 14.5 Å². The predicted molar refractivity (Wildman–Crippen MR) is 66.8 cm³/mol. The average molecular weight is 266 g/mol. The van der Waals surface area contributed by atoms with E-state index in [9.17, 15) is 10.1 Å². The first-order valence-corrected chi connectivity index (χ1v) is 5.67. The maximum Gasteiger partial charge on any atom is 0.433 e. The third kappa shape index (κ3) is 3.55. The summed E-state index contributed by atoms with van der Waals surface area (Å²) in [5.74, 6) is 0.240. The lowest BCUT2D eigenvalue weighted by molar-refractivity contribution is -0.402. The van der Waals surface area contributed by atoms with Gasteiger partial charge in [-0.25, -0.2) is 0 Å². The van der Waals surface area contributed by atoms with E-state index < -0.39 is 4.92 Å². The second kappa shape index (κ2) is 6.01. The van der Waals surface area contributed by atoms with Crippen LogP contribution in [0.5, 0.6) is 0 Å². The molecule has 19 heavy (non-hydrogen) atoms. The molecule has 0 aromatic carbocycles. The summed E-state index contributed by atoms with van der Waals surface area (Å²) in [6, 6.07) is 2.90. The molecule has 102 valence electrons. The maximum absolute atomic E-state index is 10.5. The minimum absolute atomic E-state index is 0.257. The standard InChI is InChI=1S/C11H14N4O4/c1-18-5-4-14-8-9(6-13-14)12-7-10-2-3-11(19-10)15(16)17/h2-3,6,8,12H,4-5,7H2,1H3. The number of nitrogens with zero attached hydrogens (tertiary/aromatic N) is 3.